The molecule has 0 unspecified atom stereocenters. The minimum atomic E-state index is -0.968. The van der Waals surface area contributed by atoms with Crippen molar-refractivity contribution in [2.24, 2.45) is 5.10 Å². The van der Waals surface area contributed by atoms with E-state index in [9.17, 15) is 14.7 Å². The molecule has 2 heterocycles. The van der Waals surface area contributed by atoms with E-state index in [1.165, 1.54) is 35.2 Å². The second kappa shape index (κ2) is 6.85. The van der Waals surface area contributed by atoms with Gasteiger partial charge >= 0.3 is 5.97 Å². The highest BCUT2D eigenvalue weighted by atomic mass is 32.2. The Balaban J connectivity index is 1.65. The van der Waals surface area contributed by atoms with E-state index in [-0.39, 0.29) is 5.91 Å². The number of carboxylic acid groups (broad SMARTS) is 1. The molecule has 1 saturated heterocycles. The van der Waals surface area contributed by atoms with Gasteiger partial charge in [-0.1, -0.05) is 36.1 Å². The van der Waals surface area contributed by atoms with Crippen LogP contribution in [0.1, 0.15) is 36.0 Å². The van der Waals surface area contributed by atoms with E-state index >= 15 is 0 Å². The number of carbonyl (C=O) groups is 2. The Bertz CT molecular complexity index is 878. The van der Waals surface area contributed by atoms with Crippen LogP contribution < -0.4 is 5.32 Å². The summed E-state index contributed by atoms with van der Waals surface area (Å²) in [7, 11) is 0. The predicted octanol–water partition coefficient (Wildman–Crippen LogP) is 2.42. The maximum atomic E-state index is 11.9. The second-order valence-electron chi connectivity index (χ2n) is 6.51. The summed E-state index contributed by atoms with van der Waals surface area (Å²) >= 11 is 6.09. The first-order chi connectivity index (χ1) is 12.5. The number of hydrogen-bond acceptors (Lipinski definition) is 6. The van der Waals surface area contributed by atoms with E-state index in [2.05, 4.69) is 22.6 Å². The van der Waals surface area contributed by atoms with Crippen molar-refractivity contribution in [3.8, 4) is 0 Å². The van der Waals surface area contributed by atoms with Crippen molar-refractivity contribution in [3.63, 3.8) is 0 Å². The third-order valence-electron chi connectivity index (χ3n) is 4.80. The molecule has 26 heavy (non-hydrogen) atoms. The number of thiocarbonyl (C=S) groups is 1. The summed E-state index contributed by atoms with van der Waals surface area (Å²) < 4.78 is 0.367. The van der Waals surface area contributed by atoms with E-state index in [1.54, 1.807) is 0 Å². The van der Waals surface area contributed by atoms with Gasteiger partial charge in [0.2, 0.25) is 0 Å². The van der Waals surface area contributed by atoms with Crippen LogP contribution in [0.4, 0.5) is 0 Å². The summed E-state index contributed by atoms with van der Waals surface area (Å²) in [6.45, 7) is 0. The van der Waals surface area contributed by atoms with E-state index in [0.29, 0.717) is 15.6 Å². The number of carboxylic acids is 1. The van der Waals surface area contributed by atoms with Crippen LogP contribution in [0.25, 0.3) is 0 Å². The number of aryl methyl sites for hydroxylation is 2. The molecule has 1 aliphatic carbocycles. The summed E-state index contributed by atoms with van der Waals surface area (Å²) in [6.07, 6.45) is 6.34. The van der Waals surface area contributed by atoms with Gasteiger partial charge < -0.3 is 10.4 Å². The van der Waals surface area contributed by atoms with E-state index in [1.807, 2.05) is 6.07 Å². The lowest BCUT2D eigenvalue weighted by Crippen LogP contribution is -2.31. The molecule has 4 rings (SSSR count). The predicted molar refractivity (Wildman–Crippen MR) is 104 cm³/mol. The first-order valence-electron chi connectivity index (χ1n) is 8.47. The molecule has 3 aliphatic rings. The highest BCUT2D eigenvalue weighted by molar-refractivity contribution is 8.26. The monoisotopic (exact) mass is 387 g/mol. The van der Waals surface area contributed by atoms with E-state index in [0.717, 1.165) is 35.9 Å². The molecule has 0 radical (unpaired) electrons. The minimum absolute atomic E-state index is 0.300. The van der Waals surface area contributed by atoms with Crippen molar-refractivity contribution in [3.05, 3.63) is 46.0 Å². The number of benzene rings is 1. The number of carbonyl (C=O) groups excluding carboxylic acids is 1. The maximum Gasteiger partial charge on any atom is 0.328 e. The van der Waals surface area contributed by atoms with Crippen molar-refractivity contribution >= 4 is 45.9 Å². The Morgan fingerprint density at radius 1 is 1.35 bits per heavy atom. The zero-order chi connectivity index (χ0) is 18.3. The van der Waals surface area contributed by atoms with Gasteiger partial charge in [0.1, 0.15) is 4.32 Å². The molecule has 134 valence electrons. The molecule has 0 spiro atoms. The molecule has 1 amide bonds. The van der Waals surface area contributed by atoms with Gasteiger partial charge in [0.25, 0.3) is 5.91 Å². The minimum Gasteiger partial charge on any atom is -0.480 e. The molecule has 1 fully saturated rings. The van der Waals surface area contributed by atoms with E-state index < -0.39 is 12.0 Å². The molecule has 8 heteroatoms. The van der Waals surface area contributed by atoms with Crippen LogP contribution in [0.5, 0.6) is 0 Å². The number of hydrazone groups is 1. The molecule has 2 N–H and O–H groups in total. The summed E-state index contributed by atoms with van der Waals surface area (Å²) in [5.74, 6) is -1.29. The van der Waals surface area contributed by atoms with Crippen LogP contribution in [-0.2, 0) is 22.4 Å². The number of hydrogen-bond donors (Lipinski definition) is 2. The standard InChI is InChI=1S/C18H17N3O3S2/c22-16-15(26-18(25)19-16)9-21-14(17(23)24)8-13(20-21)12-6-5-10-3-1-2-4-11(10)7-12/h5-7,9,14H,1-4,8H2,(H,23,24)(H,19,22,25)/b15-9-/t14-/m1/s1. The zero-order valence-corrected chi connectivity index (χ0v) is 15.5. The lowest BCUT2D eigenvalue weighted by Gasteiger charge is -2.16. The van der Waals surface area contributed by atoms with Crippen molar-refractivity contribution in [2.75, 3.05) is 0 Å². The number of amides is 1. The number of rotatable bonds is 3. The first kappa shape index (κ1) is 17.2. The quantitative estimate of drug-likeness (QED) is 0.612. The summed E-state index contributed by atoms with van der Waals surface area (Å²) in [5.41, 5.74) is 4.39. The van der Waals surface area contributed by atoms with Crippen LogP contribution in [-0.4, -0.2) is 38.1 Å². The van der Waals surface area contributed by atoms with Gasteiger partial charge in [0, 0.05) is 12.6 Å². The van der Waals surface area contributed by atoms with Crippen LogP contribution in [0.2, 0.25) is 0 Å². The second-order valence-corrected chi connectivity index (χ2v) is 8.23. The van der Waals surface area contributed by atoms with Gasteiger partial charge in [0.15, 0.2) is 6.04 Å². The smallest absolute Gasteiger partial charge is 0.328 e. The molecule has 0 aromatic heterocycles. The molecule has 2 aliphatic heterocycles. The highest BCUT2D eigenvalue weighted by Crippen LogP contribution is 2.29. The van der Waals surface area contributed by atoms with Gasteiger partial charge in [-0.15, -0.1) is 0 Å². The van der Waals surface area contributed by atoms with Crippen molar-refractivity contribution in [1.29, 1.82) is 0 Å². The molecule has 0 bridgehead atoms. The lowest BCUT2D eigenvalue weighted by atomic mass is 9.89. The SMILES string of the molecule is O=C1NC(=S)S/C1=C\N1N=C(c2ccc3c(c2)CCCC3)C[C@@H]1C(=O)O. The number of aliphatic carboxylic acids is 1. The van der Waals surface area contributed by atoms with Crippen molar-refractivity contribution < 1.29 is 14.7 Å². The summed E-state index contributed by atoms with van der Waals surface area (Å²) in [4.78, 5) is 23.9. The Hall–Kier alpha value is -2.19. The fraction of sp³-hybridized carbons (Fsp3) is 0.333. The average Bonchev–Trinajstić information content (AvgIpc) is 3.18. The number of nitrogens with one attached hydrogen (secondary N) is 1. The molecule has 1 aromatic rings. The lowest BCUT2D eigenvalue weighted by molar-refractivity contribution is -0.141. The van der Waals surface area contributed by atoms with Gasteiger partial charge in [0.05, 0.1) is 10.6 Å². The first-order valence-corrected chi connectivity index (χ1v) is 9.69. The van der Waals surface area contributed by atoms with Crippen LogP contribution in [0, 0.1) is 0 Å². The molecule has 1 atom stereocenters. The number of thioether (sulfide) groups is 1. The molecule has 1 aromatic carbocycles. The topological polar surface area (TPSA) is 82.0 Å². The maximum absolute atomic E-state index is 11.9. The van der Waals surface area contributed by atoms with E-state index in [4.69, 9.17) is 12.2 Å². The van der Waals surface area contributed by atoms with Gasteiger partial charge in [-0.25, -0.2) is 4.79 Å². The number of nitrogens with zero attached hydrogens (tertiary/aromatic N) is 2. The number of fused-ring (bicyclic) bond motifs is 1. The Morgan fingerprint density at radius 2 is 2.12 bits per heavy atom. The Labute approximate surface area is 160 Å². The fourth-order valence-electron chi connectivity index (χ4n) is 3.47. The van der Waals surface area contributed by atoms with Crippen molar-refractivity contribution in [1.82, 2.24) is 10.3 Å². The molecular weight excluding hydrogens is 370 g/mol. The van der Waals surface area contributed by atoms with Crippen molar-refractivity contribution in [2.45, 2.75) is 38.1 Å². The van der Waals surface area contributed by atoms with Crippen LogP contribution in [0.3, 0.4) is 0 Å². The third-order valence-corrected chi connectivity index (χ3v) is 5.95. The highest BCUT2D eigenvalue weighted by Gasteiger charge is 2.34. The molecule has 0 saturated carbocycles. The normalized spacial score (nSPS) is 23.8. The fourth-order valence-corrected chi connectivity index (χ4v) is 4.48. The third kappa shape index (κ3) is 3.26. The zero-order valence-electron chi connectivity index (χ0n) is 13.9. The summed E-state index contributed by atoms with van der Waals surface area (Å²) in [5, 5.41) is 17.9. The molecular formula is C18H17N3O3S2. The largest absolute Gasteiger partial charge is 0.480 e. The van der Waals surface area contributed by atoms with Gasteiger partial charge in [-0.3, -0.25) is 9.80 Å². The van der Waals surface area contributed by atoms with Gasteiger partial charge in [-0.2, -0.15) is 5.10 Å². The van der Waals surface area contributed by atoms with Gasteiger partial charge in [-0.05, 0) is 48.4 Å². The average molecular weight is 387 g/mol. The molecule has 6 nitrogen and oxygen atoms in total. The van der Waals surface area contributed by atoms with Crippen LogP contribution in [0.15, 0.2) is 34.4 Å². The Kier molecular flexibility index (Phi) is 4.54. The summed E-state index contributed by atoms with van der Waals surface area (Å²) in [6, 6.07) is 5.46. The Morgan fingerprint density at radius 3 is 2.81 bits per heavy atom. The van der Waals surface area contributed by atoms with Crippen LogP contribution >= 0.6 is 24.0 Å².